The Morgan fingerprint density at radius 2 is 1.88 bits per heavy atom. The minimum Gasteiger partial charge on any atom is -0.393 e. The van der Waals surface area contributed by atoms with E-state index in [0.29, 0.717) is 12.0 Å². The van der Waals surface area contributed by atoms with Gasteiger partial charge in [-0.3, -0.25) is 4.79 Å². The highest BCUT2D eigenvalue weighted by Crippen LogP contribution is 2.35. The SMILES string of the molecule is CC(C)C(=O)N1CCCC1C1CCCCC1O. The molecule has 0 bridgehead atoms. The minimum atomic E-state index is -0.186. The molecule has 1 aliphatic heterocycles. The van der Waals surface area contributed by atoms with Crippen molar-refractivity contribution in [1.82, 2.24) is 4.90 Å². The lowest BCUT2D eigenvalue weighted by Gasteiger charge is -2.37. The van der Waals surface area contributed by atoms with Crippen LogP contribution in [0.15, 0.2) is 0 Å². The molecule has 2 aliphatic rings. The van der Waals surface area contributed by atoms with E-state index in [1.807, 2.05) is 18.7 Å². The van der Waals surface area contributed by atoms with Crippen molar-refractivity contribution in [2.24, 2.45) is 11.8 Å². The fourth-order valence-electron chi connectivity index (χ4n) is 3.43. The van der Waals surface area contributed by atoms with Crippen LogP contribution < -0.4 is 0 Å². The molecule has 0 aromatic rings. The van der Waals surface area contributed by atoms with Crippen LogP contribution in [-0.2, 0) is 4.79 Å². The lowest BCUT2D eigenvalue weighted by molar-refractivity contribution is -0.137. The largest absolute Gasteiger partial charge is 0.393 e. The van der Waals surface area contributed by atoms with E-state index in [4.69, 9.17) is 0 Å². The molecule has 17 heavy (non-hydrogen) atoms. The second kappa shape index (κ2) is 5.38. The molecule has 0 radical (unpaired) electrons. The van der Waals surface area contributed by atoms with Gasteiger partial charge in [0, 0.05) is 24.4 Å². The van der Waals surface area contributed by atoms with Gasteiger partial charge in [-0.2, -0.15) is 0 Å². The standard InChI is InChI=1S/C14H25NO2/c1-10(2)14(17)15-9-5-7-12(15)11-6-3-4-8-13(11)16/h10-13,16H,3-9H2,1-2H3. The van der Waals surface area contributed by atoms with Crippen molar-refractivity contribution < 1.29 is 9.90 Å². The summed E-state index contributed by atoms with van der Waals surface area (Å²) in [5.74, 6) is 0.676. The monoisotopic (exact) mass is 239 g/mol. The highest BCUT2D eigenvalue weighted by Gasteiger charge is 2.39. The first-order valence-corrected chi connectivity index (χ1v) is 7.10. The first-order valence-electron chi connectivity index (χ1n) is 7.10. The Labute approximate surface area is 104 Å². The molecule has 1 heterocycles. The fourth-order valence-corrected chi connectivity index (χ4v) is 3.43. The maximum Gasteiger partial charge on any atom is 0.225 e. The Hall–Kier alpha value is -0.570. The Morgan fingerprint density at radius 1 is 1.18 bits per heavy atom. The first kappa shape index (κ1) is 12.9. The van der Waals surface area contributed by atoms with Gasteiger partial charge in [-0.05, 0) is 25.7 Å². The van der Waals surface area contributed by atoms with Crippen LogP contribution >= 0.6 is 0 Å². The molecular weight excluding hydrogens is 214 g/mol. The molecule has 0 aromatic carbocycles. The number of carbonyl (C=O) groups is 1. The van der Waals surface area contributed by atoms with Gasteiger partial charge in [0.05, 0.1) is 6.10 Å². The van der Waals surface area contributed by atoms with Crippen LogP contribution in [0.5, 0.6) is 0 Å². The molecule has 1 saturated heterocycles. The van der Waals surface area contributed by atoms with Gasteiger partial charge >= 0.3 is 0 Å². The van der Waals surface area contributed by atoms with E-state index in [-0.39, 0.29) is 17.9 Å². The van der Waals surface area contributed by atoms with E-state index in [9.17, 15) is 9.90 Å². The summed E-state index contributed by atoms with van der Waals surface area (Å²) >= 11 is 0. The van der Waals surface area contributed by atoms with Crippen LogP contribution in [0.3, 0.4) is 0 Å². The van der Waals surface area contributed by atoms with Crippen molar-refractivity contribution in [3.63, 3.8) is 0 Å². The lowest BCUT2D eigenvalue weighted by Crippen LogP contribution is -2.46. The number of hydrogen-bond acceptors (Lipinski definition) is 2. The summed E-state index contributed by atoms with van der Waals surface area (Å²) in [5, 5.41) is 10.1. The summed E-state index contributed by atoms with van der Waals surface area (Å²) in [6, 6.07) is 0.306. The molecule has 2 fully saturated rings. The summed E-state index contributed by atoms with van der Waals surface area (Å²) in [6.07, 6.45) is 6.37. The van der Waals surface area contributed by atoms with Crippen molar-refractivity contribution >= 4 is 5.91 Å². The normalized spacial score (nSPS) is 34.4. The highest BCUT2D eigenvalue weighted by molar-refractivity contribution is 5.78. The minimum absolute atomic E-state index is 0.0799. The molecule has 1 N–H and O–H groups in total. The van der Waals surface area contributed by atoms with Gasteiger partial charge in [0.2, 0.25) is 5.91 Å². The Kier molecular flexibility index (Phi) is 4.08. The Morgan fingerprint density at radius 3 is 2.53 bits per heavy atom. The predicted octanol–water partition coefficient (Wildman–Crippen LogP) is 2.18. The lowest BCUT2D eigenvalue weighted by atomic mass is 9.80. The predicted molar refractivity (Wildman–Crippen MR) is 67.5 cm³/mol. The third kappa shape index (κ3) is 2.65. The van der Waals surface area contributed by atoms with Gasteiger partial charge in [0.25, 0.3) is 0 Å². The van der Waals surface area contributed by atoms with Gasteiger partial charge in [-0.25, -0.2) is 0 Å². The summed E-state index contributed by atoms with van der Waals surface area (Å²) < 4.78 is 0. The van der Waals surface area contributed by atoms with Crippen LogP contribution in [0.1, 0.15) is 52.4 Å². The molecule has 0 aromatic heterocycles. The van der Waals surface area contributed by atoms with Gasteiger partial charge in [0.15, 0.2) is 0 Å². The third-order valence-electron chi connectivity index (χ3n) is 4.35. The van der Waals surface area contributed by atoms with Crippen LogP contribution in [-0.4, -0.2) is 34.6 Å². The number of rotatable bonds is 2. The summed E-state index contributed by atoms with van der Waals surface area (Å²) in [6.45, 7) is 4.83. The molecule has 0 spiro atoms. The molecular formula is C14H25NO2. The number of nitrogens with zero attached hydrogens (tertiary/aromatic N) is 1. The Bertz CT molecular complexity index is 277. The van der Waals surface area contributed by atoms with Gasteiger partial charge < -0.3 is 10.0 Å². The van der Waals surface area contributed by atoms with Crippen LogP contribution in [0, 0.1) is 11.8 Å². The molecule has 1 aliphatic carbocycles. The van der Waals surface area contributed by atoms with E-state index in [1.165, 1.54) is 6.42 Å². The van der Waals surface area contributed by atoms with Crippen molar-refractivity contribution in [2.45, 2.75) is 64.5 Å². The molecule has 3 nitrogen and oxygen atoms in total. The zero-order valence-corrected chi connectivity index (χ0v) is 11.1. The summed E-state index contributed by atoms with van der Waals surface area (Å²) in [5.41, 5.74) is 0. The van der Waals surface area contributed by atoms with Crippen molar-refractivity contribution in [3.8, 4) is 0 Å². The number of carbonyl (C=O) groups excluding carboxylic acids is 1. The molecule has 1 saturated carbocycles. The number of aliphatic hydroxyl groups is 1. The molecule has 2 rings (SSSR count). The van der Waals surface area contributed by atoms with Crippen molar-refractivity contribution in [1.29, 1.82) is 0 Å². The van der Waals surface area contributed by atoms with E-state index in [1.54, 1.807) is 0 Å². The first-order chi connectivity index (χ1) is 8.11. The van der Waals surface area contributed by atoms with Gasteiger partial charge in [0.1, 0.15) is 0 Å². The quantitative estimate of drug-likeness (QED) is 0.802. The van der Waals surface area contributed by atoms with Crippen molar-refractivity contribution in [2.75, 3.05) is 6.54 Å². The number of amides is 1. The van der Waals surface area contributed by atoms with Crippen LogP contribution in [0.2, 0.25) is 0 Å². The maximum absolute atomic E-state index is 12.1. The number of hydrogen-bond donors (Lipinski definition) is 1. The molecule has 3 unspecified atom stereocenters. The van der Waals surface area contributed by atoms with E-state index in [2.05, 4.69) is 0 Å². The average Bonchev–Trinajstić information content (AvgIpc) is 2.77. The summed E-state index contributed by atoms with van der Waals surface area (Å²) in [4.78, 5) is 14.2. The van der Waals surface area contributed by atoms with Crippen LogP contribution in [0.4, 0.5) is 0 Å². The van der Waals surface area contributed by atoms with E-state index in [0.717, 1.165) is 38.6 Å². The van der Waals surface area contributed by atoms with Gasteiger partial charge in [-0.15, -0.1) is 0 Å². The zero-order valence-electron chi connectivity index (χ0n) is 11.1. The summed E-state index contributed by atoms with van der Waals surface area (Å²) in [7, 11) is 0. The fraction of sp³-hybridized carbons (Fsp3) is 0.929. The molecule has 3 atom stereocenters. The van der Waals surface area contributed by atoms with Gasteiger partial charge in [-0.1, -0.05) is 26.7 Å². The van der Waals surface area contributed by atoms with Crippen LogP contribution in [0.25, 0.3) is 0 Å². The molecule has 98 valence electrons. The van der Waals surface area contributed by atoms with E-state index < -0.39 is 0 Å². The smallest absolute Gasteiger partial charge is 0.225 e. The second-order valence-electron chi connectivity index (χ2n) is 5.91. The van der Waals surface area contributed by atoms with Crippen molar-refractivity contribution in [3.05, 3.63) is 0 Å². The Balaban J connectivity index is 2.05. The average molecular weight is 239 g/mol. The second-order valence-corrected chi connectivity index (χ2v) is 5.91. The molecule has 3 heteroatoms. The third-order valence-corrected chi connectivity index (χ3v) is 4.35. The highest BCUT2D eigenvalue weighted by atomic mass is 16.3. The number of aliphatic hydroxyl groups excluding tert-OH is 1. The zero-order chi connectivity index (χ0) is 12.4. The maximum atomic E-state index is 12.1. The van der Waals surface area contributed by atoms with E-state index >= 15 is 0 Å². The topological polar surface area (TPSA) is 40.5 Å². The molecule has 1 amide bonds. The number of likely N-dealkylation sites (tertiary alicyclic amines) is 1.